The van der Waals surface area contributed by atoms with Gasteiger partial charge in [0.15, 0.2) is 5.82 Å². The third-order valence-electron chi connectivity index (χ3n) is 11.1. The summed E-state index contributed by atoms with van der Waals surface area (Å²) in [5, 5.41) is 5.81. The molecule has 10 heteroatoms. The molecule has 3 fully saturated rings. The minimum atomic E-state index is -0.882. The first-order chi connectivity index (χ1) is 22.3. The lowest BCUT2D eigenvalue weighted by Crippen LogP contribution is -2.58. The minimum absolute atomic E-state index is 0.103. The quantitative estimate of drug-likeness (QED) is 0.265. The Hall–Kier alpha value is -3.50. The van der Waals surface area contributed by atoms with Crippen molar-refractivity contribution < 1.29 is 17.9 Å². The molecular weight excluding hydrogens is 589 g/mol. The standard InChI is InChI=1S/C36H41F3N6O/c1-4-23-18-45-28(16-40-23)20(3)14-27-30-33(42-35(43-34(30)45)46-19-36-12-7-13-44(36)17-22(37)15-36)31(39)32(41-27)25-9-6-8-21-10-11-26(38)24(5-2)29(21)25/h6,8-11,20,22-23,28,40H,4-5,7,12-19H2,1-3H3/t20-,22+,23+,28+,36-/m0/s1. The van der Waals surface area contributed by atoms with Crippen molar-refractivity contribution in [1.82, 2.24) is 25.2 Å². The fourth-order valence-corrected chi connectivity index (χ4v) is 8.72. The van der Waals surface area contributed by atoms with Crippen LogP contribution in [0, 0.1) is 17.6 Å². The number of hydrogen-bond donors (Lipinski definition) is 1. The van der Waals surface area contributed by atoms with Gasteiger partial charge in [-0.1, -0.05) is 45.0 Å². The number of hydrogen-bond acceptors (Lipinski definition) is 7. The Balaban J connectivity index is 1.33. The second-order valence-corrected chi connectivity index (χ2v) is 13.8. The molecule has 5 atom stereocenters. The summed E-state index contributed by atoms with van der Waals surface area (Å²) >= 11 is 0. The summed E-state index contributed by atoms with van der Waals surface area (Å²) in [7, 11) is 0. The van der Waals surface area contributed by atoms with E-state index in [1.54, 1.807) is 6.07 Å². The molecule has 8 rings (SSSR count). The van der Waals surface area contributed by atoms with Crippen molar-refractivity contribution in [3.63, 3.8) is 0 Å². The van der Waals surface area contributed by atoms with Gasteiger partial charge in [0.1, 0.15) is 35.6 Å². The van der Waals surface area contributed by atoms with Crippen molar-refractivity contribution in [3.8, 4) is 17.3 Å². The maximum Gasteiger partial charge on any atom is 0.319 e. The van der Waals surface area contributed by atoms with Gasteiger partial charge in [-0.05, 0) is 67.0 Å². The van der Waals surface area contributed by atoms with Crippen molar-refractivity contribution in [1.29, 1.82) is 0 Å². The zero-order valence-electron chi connectivity index (χ0n) is 26.8. The van der Waals surface area contributed by atoms with Gasteiger partial charge >= 0.3 is 6.01 Å². The zero-order valence-corrected chi connectivity index (χ0v) is 26.8. The van der Waals surface area contributed by atoms with Gasteiger partial charge in [0, 0.05) is 43.7 Å². The van der Waals surface area contributed by atoms with Crippen LogP contribution in [-0.2, 0) is 12.8 Å². The fraction of sp³-hybridized carbons (Fsp3) is 0.528. The number of aromatic nitrogens is 3. The monoisotopic (exact) mass is 630 g/mol. The number of anilines is 1. The highest BCUT2D eigenvalue weighted by molar-refractivity contribution is 6.01. The van der Waals surface area contributed by atoms with Crippen LogP contribution in [0.15, 0.2) is 30.3 Å². The predicted octanol–water partition coefficient (Wildman–Crippen LogP) is 6.39. The van der Waals surface area contributed by atoms with Crippen LogP contribution in [0.5, 0.6) is 6.01 Å². The molecule has 0 saturated carbocycles. The van der Waals surface area contributed by atoms with Gasteiger partial charge in [0.05, 0.1) is 16.6 Å². The van der Waals surface area contributed by atoms with E-state index in [2.05, 4.69) is 29.0 Å². The molecule has 4 aromatic rings. The van der Waals surface area contributed by atoms with Crippen LogP contribution >= 0.6 is 0 Å². The van der Waals surface area contributed by atoms with Crippen LogP contribution in [0.3, 0.4) is 0 Å². The number of benzene rings is 2. The van der Waals surface area contributed by atoms with Crippen LogP contribution in [0.2, 0.25) is 0 Å². The predicted molar refractivity (Wildman–Crippen MR) is 174 cm³/mol. The summed E-state index contributed by atoms with van der Waals surface area (Å²) in [5.41, 5.74) is 1.78. The van der Waals surface area contributed by atoms with Crippen molar-refractivity contribution >= 4 is 27.5 Å². The number of alkyl halides is 1. The lowest BCUT2D eigenvalue weighted by atomic mass is 9.92. The third kappa shape index (κ3) is 4.66. The molecule has 0 aliphatic carbocycles. The largest absolute Gasteiger partial charge is 0.461 e. The van der Waals surface area contributed by atoms with Gasteiger partial charge in [0.2, 0.25) is 0 Å². The Morgan fingerprint density at radius 1 is 1.07 bits per heavy atom. The lowest BCUT2D eigenvalue weighted by molar-refractivity contribution is 0.107. The number of piperazine rings is 1. The molecule has 0 amide bonds. The number of ether oxygens (including phenoxy) is 1. The molecule has 4 aliphatic rings. The maximum absolute atomic E-state index is 17.1. The highest BCUT2D eigenvalue weighted by Crippen LogP contribution is 2.43. The van der Waals surface area contributed by atoms with Crippen LogP contribution in [-0.4, -0.2) is 76.4 Å². The molecular formula is C36H41F3N6O. The van der Waals surface area contributed by atoms with Crippen LogP contribution < -0.4 is 15.0 Å². The van der Waals surface area contributed by atoms with Gasteiger partial charge in [-0.15, -0.1) is 0 Å². The Morgan fingerprint density at radius 3 is 2.76 bits per heavy atom. The van der Waals surface area contributed by atoms with Crippen LogP contribution in [0.4, 0.5) is 19.0 Å². The second-order valence-electron chi connectivity index (χ2n) is 13.8. The molecule has 6 heterocycles. The van der Waals surface area contributed by atoms with Crippen molar-refractivity contribution in [3.05, 3.63) is 53.2 Å². The number of halogens is 3. The van der Waals surface area contributed by atoms with Crippen molar-refractivity contribution in [2.24, 2.45) is 5.92 Å². The third-order valence-corrected chi connectivity index (χ3v) is 11.1. The molecule has 242 valence electrons. The molecule has 2 aromatic carbocycles. The molecule has 2 aromatic heterocycles. The number of rotatable bonds is 6. The first kappa shape index (κ1) is 29.9. The smallest absolute Gasteiger partial charge is 0.319 e. The highest BCUT2D eigenvalue weighted by atomic mass is 19.1. The van der Waals surface area contributed by atoms with Gasteiger partial charge in [-0.25, -0.2) is 18.2 Å². The van der Waals surface area contributed by atoms with E-state index in [9.17, 15) is 4.39 Å². The molecule has 46 heavy (non-hydrogen) atoms. The van der Waals surface area contributed by atoms with E-state index >= 15 is 8.78 Å². The van der Waals surface area contributed by atoms with Crippen molar-refractivity contribution in [2.75, 3.05) is 37.7 Å². The first-order valence-corrected chi connectivity index (χ1v) is 16.9. The van der Waals surface area contributed by atoms with E-state index in [4.69, 9.17) is 19.7 Å². The van der Waals surface area contributed by atoms with Crippen molar-refractivity contribution in [2.45, 2.75) is 83.1 Å². The lowest BCUT2D eigenvalue weighted by Gasteiger charge is -2.42. The molecule has 4 aliphatic heterocycles. The number of pyridine rings is 1. The fourth-order valence-electron chi connectivity index (χ4n) is 8.72. The SMILES string of the molecule is CCc1c(F)ccc2cccc(-c3nc4c5c(nc(OC[C@@]67CCCN6C[C@H](F)C7)nc5c3F)N3C[C@@H](CC)NC[C@@H]3[C@@H](C)C4)c12. The average molecular weight is 631 g/mol. The molecule has 7 nitrogen and oxygen atoms in total. The minimum Gasteiger partial charge on any atom is -0.461 e. The summed E-state index contributed by atoms with van der Waals surface area (Å²) in [6, 6.07) is 9.31. The maximum atomic E-state index is 17.1. The Labute approximate surface area is 267 Å². The average Bonchev–Trinajstić information content (AvgIpc) is 3.56. The topological polar surface area (TPSA) is 66.4 Å². The van der Waals surface area contributed by atoms with E-state index in [1.165, 1.54) is 6.07 Å². The van der Waals surface area contributed by atoms with Gasteiger partial charge in [0.25, 0.3) is 0 Å². The first-order valence-electron chi connectivity index (χ1n) is 16.9. The van der Waals surface area contributed by atoms with E-state index in [-0.39, 0.29) is 53.2 Å². The Morgan fingerprint density at radius 2 is 1.93 bits per heavy atom. The normalized spacial score (nSPS) is 27.7. The number of nitrogens with one attached hydrogen (secondary N) is 1. The van der Waals surface area contributed by atoms with E-state index in [0.717, 1.165) is 50.0 Å². The summed E-state index contributed by atoms with van der Waals surface area (Å²) in [6.07, 6.45) is 3.43. The highest BCUT2D eigenvalue weighted by Gasteiger charge is 2.49. The summed E-state index contributed by atoms with van der Waals surface area (Å²) in [5.74, 6) is -0.0333. The number of aryl methyl sites for hydroxylation is 1. The Bertz CT molecular complexity index is 1840. The van der Waals surface area contributed by atoms with E-state index in [1.807, 2.05) is 25.1 Å². The van der Waals surface area contributed by atoms with Gasteiger partial charge < -0.3 is 15.0 Å². The molecule has 0 unspecified atom stereocenters. The van der Waals surface area contributed by atoms with Gasteiger partial charge in [-0.2, -0.15) is 9.97 Å². The molecule has 1 N–H and O–H groups in total. The molecule has 0 spiro atoms. The van der Waals surface area contributed by atoms with E-state index < -0.39 is 12.0 Å². The Kier molecular flexibility index (Phi) is 7.36. The van der Waals surface area contributed by atoms with E-state index in [0.29, 0.717) is 53.5 Å². The summed E-state index contributed by atoms with van der Waals surface area (Å²) < 4.78 is 53.2. The second kappa shape index (κ2) is 11.3. The summed E-state index contributed by atoms with van der Waals surface area (Å²) in [4.78, 5) is 19.3. The molecule has 0 radical (unpaired) electrons. The number of fused-ring (bicyclic) bond motifs is 4. The molecule has 3 saturated heterocycles. The van der Waals surface area contributed by atoms with Crippen LogP contribution in [0.1, 0.15) is 57.7 Å². The van der Waals surface area contributed by atoms with Gasteiger partial charge in [-0.3, -0.25) is 4.90 Å². The number of nitrogens with zero attached hydrogens (tertiary/aromatic N) is 5. The van der Waals surface area contributed by atoms with Crippen LogP contribution in [0.25, 0.3) is 32.9 Å². The summed E-state index contributed by atoms with van der Waals surface area (Å²) in [6.45, 7) is 9.32. The zero-order chi connectivity index (χ0) is 31.7. The molecule has 0 bridgehead atoms.